The quantitative estimate of drug-likeness (QED) is 0.232. The minimum Gasteiger partial charge on any atom is -0.444 e. The van der Waals surface area contributed by atoms with E-state index in [1.54, 1.807) is 46.4 Å². The molecular weight excluding hydrogens is 638 g/mol. The van der Waals surface area contributed by atoms with Crippen molar-refractivity contribution < 1.29 is 27.8 Å². The number of piperazine rings is 1. The molecule has 10 nitrogen and oxygen atoms in total. The van der Waals surface area contributed by atoms with E-state index in [0.717, 1.165) is 11.3 Å². The molecule has 3 heterocycles. The summed E-state index contributed by atoms with van der Waals surface area (Å²) in [5.74, 6) is -1.39. The predicted octanol–water partition coefficient (Wildman–Crippen LogP) is 8.11. The lowest BCUT2D eigenvalue weighted by Crippen LogP contribution is -2.55. The highest BCUT2D eigenvalue weighted by molar-refractivity contribution is 7.22. The van der Waals surface area contributed by atoms with Gasteiger partial charge in [0.25, 0.3) is 0 Å². The maximum Gasteiger partial charge on any atom is 0.413 e. The smallest absolute Gasteiger partial charge is 0.413 e. The Balaban J connectivity index is 1.56. The Morgan fingerprint density at radius 3 is 2.43 bits per heavy atom. The average Bonchev–Trinajstić information content (AvgIpc) is 3.35. The molecule has 0 aliphatic carbocycles. The van der Waals surface area contributed by atoms with E-state index in [1.165, 1.54) is 24.4 Å². The van der Waals surface area contributed by atoms with Crippen molar-refractivity contribution >= 4 is 67.1 Å². The predicted molar refractivity (Wildman–Crippen MR) is 174 cm³/mol. The third kappa shape index (κ3) is 6.64. The second-order valence-corrected chi connectivity index (χ2v) is 14.4. The number of aromatic nitrogens is 2. The van der Waals surface area contributed by atoms with Crippen molar-refractivity contribution in [1.82, 2.24) is 14.9 Å². The van der Waals surface area contributed by atoms with Gasteiger partial charge in [-0.05, 0) is 66.7 Å². The summed E-state index contributed by atoms with van der Waals surface area (Å²) >= 11 is 7.64. The summed E-state index contributed by atoms with van der Waals surface area (Å²) in [6.45, 7) is 13.4. The molecule has 14 heteroatoms. The van der Waals surface area contributed by atoms with Gasteiger partial charge in [0.2, 0.25) is 0 Å². The molecule has 4 aromatic rings. The number of rotatable bonds is 3. The van der Waals surface area contributed by atoms with E-state index >= 15 is 4.39 Å². The number of fused-ring (bicyclic) bond motifs is 2. The van der Waals surface area contributed by atoms with Crippen LogP contribution < -0.4 is 10.2 Å². The van der Waals surface area contributed by atoms with E-state index in [9.17, 15) is 19.2 Å². The lowest BCUT2D eigenvalue weighted by Gasteiger charge is -2.41. The van der Waals surface area contributed by atoms with Crippen molar-refractivity contribution in [3.8, 4) is 17.2 Å². The standard InChI is InChI=1S/C32H33ClF2N6O4S/c1-16-15-40(10-11-41(16)30(43)45-32(5,6)7)26-17(13-36)14-37-24-19(26)12-20(33)22(23(24)35)18-8-9-21(34)27-25(18)38-28(46-27)39-29(42)44-31(2,3)4/h8-9,12,14,16H,10-11,15H2,1-7H3,(H,38,39,42)/t16-/m1/s1. The van der Waals surface area contributed by atoms with E-state index in [4.69, 9.17) is 21.1 Å². The third-order valence-electron chi connectivity index (χ3n) is 7.09. The summed E-state index contributed by atoms with van der Waals surface area (Å²) < 4.78 is 42.3. The monoisotopic (exact) mass is 670 g/mol. The summed E-state index contributed by atoms with van der Waals surface area (Å²) in [5, 5.41) is 12.8. The largest absolute Gasteiger partial charge is 0.444 e. The molecular formula is C32H33ClF2N6O4S. The van der Waals surface area contributed by atoms with Crippen molar-refractivity contribution in [1.29, 1.82) is 5.26 Å². The SMILES string of the molecule is C[C@@H]1CN(c2c(C#N)cnc3c(F)c(-c4ccc(F)c5sc(NC(=O)OC(C)(C)C)nc45)c(Cl)cc23)CCN1C(=O)OC(C)(C)C. The number of pyridine rings is 1. The van der Waals surface area contributed by atoms with Gasteiger partial charge in [-0.25, -0.2) is 23.4 Å². The van der Waals surface area contributed by atoms with E-state index in [2.05, 4.69) is 21.4 Å². The molecule has 1 N–H and O–H groups in total. The molecule has 1 fully saturated rings. The van der Waals surface area contributed by atoms with Crippen LogP contribution in [0.2, 0.25) is 5.02 Å². The molecule has 46 heavy (non-hydrogen) atoms. The number of carbonyl (C=O) groups excluding carboxylic acids is 2. The van der Waals surface area contributed by atoms with E-state index in [0.29, 0.717) is 30.7 Å². The third-order valence-corrected chi connectivity index (χ3v) is 8.37. The van der Waals surface area contributed by atoms with Crippen LogP contribution in [0.5, 0.6) is 0 Å². The van der Waals surface area contributed by atoms with Crippen molar-refractivity contribution in [2.75, 3.05) is 29.9 Å². The normalized spacial score (nSPS) is 15.6. The Morgan fingerprint density at radius 2 is 1.80 bits per heavy atom. The number of carbonyl (C=O) groups is 2. The number of hydrogen-bond acceptors (Lipinski definition) is 9. The number of halogens is 3. The number of thiazole rings is 1. The zero-order valence-corrected chi connectivity index (χ0v) is 28.0. The topological polar surface area (TPSA) is 121 Å². The summed E-state index contributed by atoms with van der Waals surface area (Å²) in [4.78, 5) is 37.3. The number of benzene rings is 2. The number of amides is 2. The lowest BCUT2D eigenvalue weighted by molar-refractivity contribution is 0.0159. The average molecular weight is 671 g/mol. The first-order chi connectivity index (χ1) is 21.5. The minimum absolute atomic E-state index is 0.00820. The summed E-state index contributed by atoms with van der Waals surface area (Å²) in [7, 11) is 0. The molecule has 1 aliphatic rings. The summed E-state index contributed by atoms with van der Waals surface area (Å²) in [6.07, 6.45) is 0.0974. The molecule has 5 rings (SSSR count). The van der Waals surface area contributed by atoms with Gasteiger partial charge >= 0.3 is 12.2 Å². The maximum atomic E-state index is 16.5. The number of nitriles is 1. The van der Waals surface area contributed by atoms with Gasteiger partial charge < -0.3 is 19.3 Å². The Hall–Kier alpha value is -4.28. The molecule has 1 saturated heterocycles. The Labute approximate surface area is 273 Å². The van der Waals surface area contributed by atoms with Crippen LogP contribution in [0.15, 0.2) is 24.4 Å². The first kappa shape index (κ1) is 33.1. The fourth-order valence-electron chi connectivity index (χ4n) is 5.29. The zero-order valence-electron chi connectivity index (χ0n) is 26.4. The van der Waals surface area contributed by atoms with E-state index in [1.807, 2.05) is 11.8 Å². The van der Waals surface area contributed by atoms with Crippen LogP contribution in [0.4, 0.5) is 29.2 Å². The number of anilines is 2. The highest BCUT2D eigenvalue weighted by atomic mass is 35.5. The lowest BCUT2D eigenvalue weighted by atomic mass is 9.99. The minimum atomic E-state index is -0.781. The van der Waals surface area contributed by atoms with Crippen LogP contribution in [0, 0.1) is 23.0 Å². The van der Waals surface area contributed by atoms with E-state index in [-0.39, 0.29) is 48.6 Å². The van der Waals surface area contributed by atoms with Gasteiger partial charge in [0, 0.05) is 48.4 Å². The number of nitrogens with zero attached hydrogens (tertiary/aromatic N) is 5. The number of hydrogen-bond donors (Lipinski definition) is 1. The van der Waals surface area contributed by atoms with Crippen molar-refractivity contribution in [3.63, 3.8) is 0 Å². The number of ether oxygens (including phenoxy) is 2. The zero-order chi connectivity index (χ0) is 33.7. The Morgan fingerprint density at radius 1 is 1.11 bits per heavy atom. The van der Waals surface area contributed by atoms with Gasteiger partial charge in [0.1, 0.15) is 28.6 Å². The second-order valence-electron chi connectivity index (χ2n) is 13.0. The van der Waals surface area contributed by atoms with Crippen LogP contribution in [-0.2, 0) is 9.47 Å². The first-order valence-electron chi connectivity index (χ1n) is 14.5. The molecule has 0 unspecified atom stereocenters. The van der Waals surface area contributed by atoms with Gasteiger partial charge in [0.15, 0.2) is 10.9 Å². The molecule has 0 bridgehead atoms. The van der Waals surface area contributed by atoms with Crippen LogP contribution >= 0.6 is 22.9 Å². The molecule has 1 aliphatic heterocycles. The van der Waals surface area contributed by atoms with Crippen molar-refractivity contribution in [2.45, 2.75) is 65.7 Å². The van der Waals surface area contributed by atoms with Crippen LogP contribution in [-0.4, -0.2) is 63.9 Å². The second kappa shape index (κ2) is 12.1. The van der Waals surface area contributed by atoms with Gasteiger partial charge in [-0.15, -0.1) is 0 Å². The summed E-state index contributed by atoms with van der Waals surface area (Å²) in [5.41, 5.74) is -0.568. The van der Waals surface area contributed by atoms with Gasteiger partial charge in [-0.1, -0.05) is 22.9 Å². The van der Waals surface area contributed by atoms with Crippen LogP contribution in [0.1, 0.15) is 54.0 Å². The molecule has 2 aromatic carbocycles. The van der Waals surface area contributed by atoms with E-state index < -0.39 is 35.0 Å². The first-order valence-corrected chi connectivity index (χ1v) is 15.7. The number of nitrogens with one attached hydrogen (secondary N) is 1. The van der Waals surface area contributed by atoms with Gasteiger partial charge in [-0.3, -0.25) is 10.3 Å². The van der Waals surface area contributed by atoms with Gasteiger partial charge in [-0.2, -0.15) is 5.26 Å². The van der Waals surface area contributed by atoms with Crippen LogP contribution in [0.25, 0.3) is 32.2 Å². The Kier molecular flexibility index (Phi) is 8.74. The molecule has 0 saturated carbocycles. The van der Waals surface area contributed by atoms with Crippen molar-refractivity contribution in [2.24, 2.45) is 0 Å². The molecule has 2 aromatic heterocycles. The fourth-order valence-corrected chi connectivity index (χ4v) is 6.47. The molecule has 1 atom stereocenters. The highest BCUT2D eigenvalue weighted by Crippen LogP contribution is 2.43. The maximum absolute atomic E-state index is 16.5. The summed E-state index contributed by atoms with van der Waals surface area (Å²) in [6, 6.07) is 5.94. The Bertz CT molecular complexity index is 1910. The fraction of sp³-hybridized carbons (Fsp3) is 0.406. The van der Waals surface area contributed by atoms with Crippen LogP contribution in [0.3, 0.4) is 0 Å². The van der Waals surface area contributed by atoms with Gasteiger partial charge in [0.05, 0.1) is 26.5 Å². The van der Waals surface area contributed by atoms with Crippen molar-refractivity contribution in [3.05, 3.63) is 46.6 Å². The molecule has 242 valence electrons. The molecule has 0 spiro atoms. The molecule has 0 radical (unpaired) electrons. The molecule has 2 amide bonds. The highest BCUT2D eigenvalue weighted by Gasteiger charge is 2.33.